The molecular weight excluding hydrogens is 194 g/mol. The van der Waals surface area contributed by atoms with E-state index in [0.29, 0.717) is 6.54 Å². The van der Waals surface area contributed by atoms with E-state index in [1.165, 1.54) is 30.0 Å². The van der Waals surface area contributed by atoms with Crippen molar-refractivity contribution >= 4 is 11.8 Å². The summed E-state index contributed by atoms with van der Waals surface area (Å²) in [5.74, 6) is 3.46. The first kappa shape index (κ1) is 10.1. The summed E-state index contributed by atoms with van der Waals surface area (Å²) in [5, 5.41) is 7.23. The van der Waals surface area contributed by atoms with E-state index in [1.807, 2.05) is 0 Å². The highest BCUT2D eigenvalue weighted by Gasteiger charge is 2.15. The molecule has 0 radical (unpaired) electrons. The molecule has 1 aromatic rings. The van der Waals surface area contributed by atoms with Crippen molar-refractivity contribution in [2.45, 2.75) is 25.8 Å². The van der Waals surface area contributed by atoms with Crippen molar-refractivity contribution in [2.24, 2.45) is 11.7 Å². The van der Waals surface area contributed by atoms with Crippen molar-refractivity contribution in [3.8, 4) is 0 Å². The van der Waals surface area contributed by atoms with Gasteiger partial charge >= 0.3 is 0 Å². The normalized spacial score (nSPS) is 22.5. The van der Waals surface area contributed by atoms with E-state index in [9.17, 15) is 0 Å². The van der Waals surface area contributed by atoms with E-state index >= 15 is 0 Å². The maximum Gasteiger partial charge on any atom is 0.0628 e. The van der Waals surface area contributed by atoms with Gasteiger partial charge in [0.1, 0.15) is 0 Å². The molecule has 3 N–H and O–H groups in total. The first-order chi connectivity index (χ1) is 6.88. The van der Waals surface area contributed by atoms with E-state index in [0.717, 1.165) is 18.0 Å². The number of nitrogens with one attached hydrogen (secondary N) is 1. The zero-order valence-corrected chi connectivity index (χ0v) is 9.15. The van der Waals surface area contributed by atoms with Crippen LogP contribution in [0.4, 0.5) is 0 Å². The Morgan fingerprint density at radius 3 is 3.21 bits per heavy atom. The van der Waals surface area contributed by atoms with Crippen molar-refractivity contribution < 1.29 is 0 Å². The number of aromatic amines is 1. The Balaban J connectivity index is 1.89. The van der Waals surface area contributed by atoms with E-state index in [1.54, 1.807) is 0 Å². The van der Waals surface area contributed by atoms with Gasteiger partial charge in [-0.25, -0.2) is 0 Å². The second-order valence-electron chi connectivity index (χ2n) is 3.88. The fourth-order valence-corrected chi connectivity index (χ4v) is 3.04. The number of nitrogens with two attached hydrogens (primary N) is 1. The lowest BCUT2D eigenvalue weighted by Gasteiger charge is -2.19. The van der Waals surface area contributed by atoms with Crippen LogP contribution in [0.2, 0.25) is 0 Å². The van der Waals surface area contributed by atoms with Crippen LogP contribution in [0.25, 0.3) is 0 Å². The molecule has 1 atom stereocenters. The van der Waals surface area contributed by atoms with Crippen LogP contribution in [0.1, 0.15) is 24.2 Å². The third-order valence-corrected chi connectivity index (χ3v) is 3.94. The lowest BCUT2D eigenvalue weighted by Crippen LogP contribution is -2.13. The van der Waals surface area contributed by atoms with Gasteiger partial charge in [0.2, 0.25) is 0 Å². The van der Waals surface area contributed by atoms with Crippen LogP contribution in [-0.2, 0) is 13.0 Å². The van der Waals surface area contributed by atoms with Crippen molar-refractivity contribution in [2.75, 3.05) is 11.5 Å². The molecule has 0 saturated carbocycles. The molecule has 4 heteroatoms. The molecule has 1 fully saturated rings. The van der Waals surface area contributed by atoms with Gasteiger partial charge in [0, 0.05) is 12.2 Å². The molecule has 1 aliphatic rings. The Labute approximate surface area is 88.8 Å². The second kappa shape index (κ2) is 4.84. The van der Waals surface area contributed by atoms with Gasteiger partial charge in [0.15, 0.2) is 0 Å². The predicted molar refractivity (Wildman–Crippen MR) is 60.2 cm³/mol. The van der Waals surface area contributed by atoms with Gasteiger partial charge in [-0.3, -0.25) is 5.10 Å². The second-order valence-corrected chi connectivity index (χ2v) is 5.03. The molecule has 1 aromatic heterocycles. The van der Waals surface area contributed by atoms with E-state index < -0.39 is 0 Å². The van der Waals surface area contributed by atoms with Gasteiger partial charge in [-0.1, -0.05) is 0 Å². The van der Waals surface area contributed by atoms with Gasteiger partial charge in [-0.05, 0) is 42.8 Å². The lowest BCUT2D eigenvalue weighted by molar-refractivity contribution is 0.515. The first-order valence-corrected chi connectivity index (χ1v) is 6.35. The largest absolute Gasteiger partial charge is 0.325 e. The van der Waals surface area contributed by atoms with Crippen molar-refractivity contribution in [3.63, 3.8) is 0 Å². The molecule has 0 bridgehead atoms. The quantitative estimate of drug-likeness (QED) is 0.797. The molecule has 0 aliphatic carbocycles. The number of hydrogen-bond acceptors (Lipinski definition) is 3. The number of thioether (sulfide) groups is 1. The molecule has 1 aliphatic heterocycles. The van der Waals surface area contributed by atoms with Crippen LogP contribution in [0, 0.1) is 5.92 Å². The highest BCUT2D eigenvalue weighted by Crippen LogP contribution is 2.25. The molecular formula is C10H17N3S. The molecule has 2 rings (SSSR count). The Morgan fingerprint density at radius 2 is 2.57 bits per heavy atom. The van der Waals surface area contributed by atoms with E-state index in [-0.39, 0.29) is 0 Å². The summed E-state index contributed by atoms with van der Waals surface area (Å²) in [7, 11) is 0. The fourth-order valence-electron chi connectivity index (χ4n) is 1.88. The smallest absolute Gasteiger partial charge is 0.0628 e. The number of hydrogen-bond donors (Lipinski definition) is 2. The Morgan fingerprint density at radius 1 is 1.64 bits per heavy atom. The van der Waals surface area contributed by atoms with Crippen molar-refractivity contribution in [1.82, 2.24) is 10.2 Å². The monoisotopic (exact) mass is 211 g/mol. The summed E-state index contributed by atoms with van der Waals surface area (Å²) in [6, 6.07) is 2.10. The zero-order valence-electron chi connectivity index (χ0n) is 8.33. The van der Waals surface area contributed by atoms with Gasteiger partial charge in [-0.15, -0.1) is 0 Å². The Kier molecular flexibility index (Phi) is 3.48. The molecule has 78 valence electrons. The van der Waals surface area contributed by atoms with Crippen molar-refractivity contribution in [3.05, 3.63) is 17.5 Å². The molecule has 0 aromatic carbocycles. The van der Waals surface area contributed by atoms with Crippen LogP contribution in [-0.4, -0.2) is 21.7 Å². The molecule has 1 unspecified atom stereocenters. The lowest BCUT2D eigenvalue weighted by atomic mass is 9.99. The van der Waals surface area contributed by atoms with Crippen molar-refractivity contribution in [1.29, 1.82) is 0 Å². The summed E-state index contributed by atoms with van der Waals surface area (Å²) < 4.78 is 0. The van der Waals surface area contributed by atoms with Crippen LogP contribution in [0.3, 0.4) is 0 Å². The third kappa shape index (κ3) is 2.51. The molecule has 14 heavy (non-hydrogen) atoms. The zero-order chi connectivity index (χ0) is 9.80. The third-order valence-electron chi connectivity index (χ3n) is 2.66. The summed E-state index contributed by atoms with van der Waals surface area (Å²) in [5.41, 5.74) is 7.74. The van der Waals surface area contributed by atoms with Crippen LogP contribution < -0.4 is 5.73 Å². The summed E-state index contributed by atoms with van der Waals surface area (Å²) in [4.78, 5) is 0. The van der Waals surface area contributed by atoms with Crippen LogP contribution in [0.15, 0.2) is 6.07 Å². The minimum atomic E-state index is 0.562. The number of aromatic nitrogens is 2. The van der Waals surface area contributed by atoms with Gasteiger partial charge < -0.3 is 5.73 Å². The number of H-pyrrole nitrogens is 1. The summed E-state index contributed by atoms with van der Waals surface area (Å²) in [6.07, 6.45) is 3.84. The number of rotatable bonds is 3. The molecule has 0 amide bonds. The average Bonchev–Trinajstić information content (AvgIpc) is 2.67. The number of nitrogens with zero attached hydrogens (tertiary/aromatic N) is 1. The Hall–Kier alpha value is -0.480. The van der Waals surface area contributed by atoms with Gasteiger partial charge in [0.25, 0.3) is 0 Å². The molecule has 2 heterocycles. The molecule has 3 nitrogen and oxygen atoms in total. The highest BCUT2D eigenvalue weighted by molar-refractivity contribution is 7.99. The van der Waals surface area contributed by atoms with Crippen LogP contribution >= 0.6 is 11.8 Å². The standard InChI is InChI=1S/C10H17N3S/c11-6-10-5-9(12-13-10)4-8-2-1-3-14-7-8/h5,8H,1-4,6-7,11H2,(H,12,13). The average molecular weight is 211 g/mol. The van der Waals surface area contributed by atoms with E-state index in [2.05, 4.69) is 28.0 Å². The molecule has 0 spiro atoms. The summed E-state index contributed by atoms with van der Waals surface area (Å²) >= 11 is 2.07. The topological polar surface area (TPSA) is 54.7 Å². The Bertz CT molecular complexity index is 279. The predicted octanol–water partition coefficient (Wildman–Crippen LogP) is 1.55. The fraction of sp³-hybridized carbons (Fsp3) is 0.700. The van der Waals surface area contributed by atoms with Gasteiger partial charge in [-0.2, -0.15) is 16.9 Å². The SMILES string of the molecule is NCc1cc(CC2CCCSC2)n[nH]1. The van der Waals surface area contributed by atoms with E-state index in [4.69, 9.17) is 5.73 Å². The minimum absolute atomic E-state index is 0.562. The van der Waals surface area contributed by atoms with Crippen LogP contribution in [0.5, 0.6) is 0 Å². The maximum atomic E-state index is 5.52. The maximum absolute atomic E-state index is 5.52. The highest BCUT2D eigenvalue weighted by atomic mass is 32.2. The minimum Gasteiger partial charge on any atom is -0.325 e. The first-order valence-electron chi connectivity index (χ1n) is 5.19. The van der Waals surface area contributed by atoms with Gasteiger partial charge in [0.05, 0.1) is 5.69 Å². The summed E-state index contributed by atoms with van der Waals surface area (Å²) in [6.45, 7) is 0.562. The molecule has 1 saturated heterocycles.